The van der Waals surface area contributed by atoms with Crippen LogP contribution in [-0.4, -0.2) is 29.2 Å². The second-order valence-corrected chi connectivity index (χ2v) is 5.07. The summed E-state index contributed by atoms with van der Waals surface area (Å²) >= 11 is 7.39. The van der Waals surface area contributed by atoms with Crippen LogP contribution >= 0.6 is 23.4 Å². The molecule has 5 heteroatoms. The third kappa shape index (κ3) is 7.13. The summed E-state index contributed by atoms with van der Waals surface area (Å²) in [6.07, 6.45) is 1.13. The van der Waals surface area contributed by atoms with Crippen LogP contribution in [0.2, 0.25) is 5.02 Å². The number of benzene rings is 1. The molecule has 1 aromatic rings. The Labute approximate surface area is 110 Å². The molecule has 0 aliphatic heterocycles. The summed E-state index contributed by atoms with van der Waals surface area (Å²) in [4.78, 5) is 10.3. The van der Waals surface area contributed by atoms with Crippen LogP contribution < -0.4 is 4.74 Å². The number of thioether (sulfide) groups is 1. The highest BCUT2D eigenvalue weighted by Crippen LogP contribution is 2.15. The van der Waals surface area contributed by atoms with Crippen molar-refractivity contribution >= 4 is 29.3 Å². The van der Waals surface area contributed by atoms with Gasteiger partial charge in [-0.3, -0.25) is 4.79 Å². The van der Waals surface area contributed by atoms with Crippen molar-refractivity contribution in [1.29, 1.82) is 0 Å². The first kappa shape index (κ1) is 14.2. The van der Waals surface area contributed by atoms with E-state index in [4.69, 9.17) is 21.4 Å². The third-order valence-electron chi connectivity index (χ3n) is 1.98. The molecule has 0 aliphatic rings. The van der Waals surface area contributed by atoms with Crippen molar-refractivity contribution in [2.75, 3.05) is 18.1 Å². The first-order chi connectivity index (χ1) is 8.18. The van der Waals surface area contributed by atoms with Gasteiger partial charge in [0.05, 0.1) is 13.0 Å². The summed E-state index contributed by atoms with van der Waals surface area (Å²) in [6.45, 7) is 0.641. The molecular formula is C12H15ClO3S. The zero-order chi connectivity index (χ0) is 12.5. The van der Waals surface area contributed by atoms with Crippen LogP contribution in [-0.2, 0) is 4.79 Å². The molecule has 0 atom stereocenters. The van der Waals surface area contributed by atoms with Gasteiger partial charge in [-0.25, -0.2) is 0 Å². The lowest BCUT2D eigenvalue weighted by atomic mass is 10.3. The van der Waals surface area contributed by atoms with E-state index in [1.54, 1.807) is 23.9 Å². The Kier molecular flexibility index (Phi) is 6.89. The lowest BCUT2D eigenvalue weighted by Gasteiger charge is -2.05. The van der Waals surface area contributed by atoms with Crippen molar-refractivity contribution in [3.8, 4) is 5.75 Å². The van der Waals surface area contributed by atoms with Crippen LogP contribution in [0.1, 0.15) is 12.8 Å². The van der Waals surface area contributed by atoms with E-state index in [0.29, 0.717) is 17.4 Å². The van der Waals surface area contributed by atoms with Crippen LogP contribution in [0.15, 0.2) is 24.3 Å². The topological polar surface area (TPSA) is 46.5 Å². The van der Waals surface area contributed by atoms with Gasteiger partial charge >= 0.3 is 5.97 Å². The van der Waals surface area contributed by atoms with Crippen molar-refractivity contribution in [3.63, 3.8) is 0 Å². The summed E-state index contributed by atoms with van der Waals surface area (Å²) in [6, 6.07) is 7.25. The molecule has 1 N–H and O–H groups in total. The number of hydrogen-bond donors (Lipinski definition) is 1. The Morgan fingerprint density at radius 3 is 2.65 bits per heavy atom. The molecule has 0 bridgehead atoms. The van der Waals surface area contributed by atoms with Gasteiger partial charge in [-0.05, 0) is 36.4 Å². The fourth-order valence-corrected chi connectivity index (χ4v) is 2.11. The second-order valence-electron chi connectivity index (χ2n) is 3.41. The van der Waals surface area contributed by atoms with Crippen molar-refractivity contribution in [3.05, 3.63) is 29.3 Å². The van der Waals surface area contributed by atoms with E-state index in [9.17, 15) is 4.79 Å². The van der Waals surface area contributed by atoms with Gasteiger partial charge in [-0.2, -0.15) is 11.8 Å². The van der Waals surface area contributed by atoms with Crippen molar-refractivity contribution in [1.82, 2.24) is 0 Å². The van der Waals surface area contributed by atoms with Gasteiger partial charge in [-0.15, -0.1) is 0 Å². The summed E-state index contributed by atoms with van der Waals surface area (Å²) in [5.74, 6) is 1.65. The molecule has 0 fully saturated rings. The highest BCUT2D eigenvalue weighted by atomic mass is 35.5. The SMILES string of the molecule is O=C(O)CCSCCCOc1ccc(Cl)cc1. The zero-order valence-electron chi connectivity index (χ0n) is 9.39. The molecule has 17 heavy (non-hydrogen) atoms. The second kappa shape index (κ2) is 8.25. The smallest absolute Gasteiger partial charge is 0.304 e. The number of ether oxygens (including phenoxy) is 1. The number of aliphatic carboxylic acids is 1. The molecule has 94 valence electrons. The molecule has 0 saturated carbocycles. The maximum absolute atomic E-state index is 10.3. The molecular weight excluding hydrogens is 260 g/mol. The first-order valence-corrected chi connectivity index (χ1v) is 6.89. The first-order valence-electron chi connectivity index (χ1n) is 5.36. The molecule has 0 aromatic heterocycles. The van der Waals surface area contributed by atoms with Crippen LogP contribution in [0.25, 0.3) is 0 Å². The maximum Gasteiger partial charge on any atom is 0.304 e. The lowest BCUT2D eigenvalue weighted by Crippen LogP contribution is -2.00. The van der Waals surface area contributed by atoms with E-state index in [1.165, 1.54) is 0 Å². The third-order valence-corrected chi connectivity index (χ3v) is 3.30. The van der Waals surface area contributed by atoms with Gasteiger partial charge in [0.25, 0.3) is 0 Å². The monoisotopic (exact) mass is 274 g/mol. The highest BCUT2D eigenvalue weighted by Gasteiger charge is 1.97. The number of carbonyl (C=O) groups is 1. The van der Waals surface area contributed by atoms with Crippen LogP contribution in [0, 0.1) is 0 Å². The van der Waals surface area contributed by atoms with Gasteiger partial charge in [-0.1, -0.05) is 11.6 Å². The zero-order valence-corrected chi connectivity index (χ0v) is 11.0. The van der Waals surface area contributed by atoms with E-state index in [0.717, 1.165) is 17.9 Å². The lowest BCUT2D eigenvalue weighted by molar-refractivity contribution is -0.136. The number of carboxylic acid groups (broad SMARTS) is 1. The molecule has 0 spiro atoms. The molecule has 0 aliphatic carbocycles. The summed E-state index contributed by atoms with van der Waals surface area (Å²) in [5.41, 5.74) is 0. The van der Waals surface area contributed by atoms with Gasteiger partial charge < -0.3 is 9.84 Å². The van der Waals surface area contributed by atoms with Crippen LogP contribution in [0.4, 0.5) is 0 Å². The van der Waals surface area contributed by atoms with E-state index >= 15 is 0 Å². The quantitative estimate of drug-likeness (QED) is 0.739. The van der Waals surface area contributed by atoms with Crippen molar-refractivity contribution < 1.29 is 14.6 Å². The number of rotatable bonds is 8. The molecule has 1 rings (SSSR count). The average Bonchev–Trinajstić information content (AvgIpc) is 2.30. The normalized spacial score (nSPS) is 10.2. The standard InChI is InChI=1S/C12H15ClO3S/c13-10-2-4-11(5-3-10)16-7-1-8-17-9-6-12(14)15/h2-5H,1,6-9H2,(H,14,15). The van der Waals surface area contributed by atoms with Crippen LogP contribution in [0.3, 0.4) is 0 Å². The Bertz CT molecular complexity index is 340. The Morgan fingerprint density at radius 2 is 2.00 bits per heavy atom. The molecule has 3 nitrogen and oxygen atoms in total. The average molecular weight is 275 g/mol. The number of carboxylic acids is 1. The van der Waals surface area contributed by atoms with Crippen LogP contribution in [0.5, 0.6) is 5.75 Å². The maximum atomic E-state index is 10.3. The fraction of sp³-hybridized carbons (Fsp3) is 0.417. The number of halogens is 1. The fourth-order valence-electron chi connectivity index (χ4n) is 1.14. The highest BCUT2D eigenvalue weighted by molar-refractivity contribution is 7.99. The van der Waals surface area contributed by atoms with Gasteiger partial charge in [0.1, 0.15) is 5.75 Å². The predicted molar refractivity (Wildman–Crippen MR) is 71.1 cm³/mol. The van der Waals surface area contributed by atoms with Gasteiger partial charge in [0, 0.05) is 10.8 Å². The summed E-state index contributed by atoms with van der Waals surface area (Å²) in [5, 5.41) is 9.13. The Balaban J connectivity index is 2.01. The molecule has 0 unspecified atom stereocenters. The molecule has 1 aromatic carbocycles. The molecule has 0 heterocycles. The molecule has 0 saturated heterocycles. The minimum atomic E-state index is -0.741. The predicted octanol–water partition coefficient (Wildman–Crippen LogP) is 3.32. The van der Waals surface area contributed by atoms with Crippen molar-refractivity contribution in [2.24, 2.45) is 0 Å². The minimum absolute atomic E-state index is 0.225. The Morgan fingerprint density at radius 1 is 1.29 bits per heavy atom. The number of hydrogen-bond acceptors (Lipinski definition) is 3. The summed E-state index contributed by atoms with van der Waals surface area (Å²) in [7, 11) is 0. The Hall–Kier alpha value is -0.870. The largest absolute Gasteiger partial charge is 0.494 e. The van der Waals surface area contributed by atoms with Gasteiger partial charge in [0.2, 0.25) is 0 Å². The summed E-state index contributed by atoms with van der Waals surface area (Å²) < 4.78 is 5.50. The van der Waals surface area contributed by atoms with Gasteiger partial charge in [0.15, 0.2) is 0 Å². The van der Waals surface area contributed by atoms with E-state index in [2.05, 4.69) is 0 Å². The van der Waals surface area contributed by atoms with E-state index < -0.39 is 5.97 Å². The van der Waals surface area contributed by atoms with Crippen molar-refractivity contribution in [2.45, 2.75) is 12.8 Å². The minimum Gasteiger partial charge on any atom is -0.494 e. The molecule has 0 amide bonds. The van der Waals surface area contributed by atoms with E-state index in [1.807, 2.05) is 12.1 Å². The van der Waals surface area contributed by atoms with E-state index in [-0.39, 0.29) is 6.42 Å². The molecule has 0 radical (unpaired) electrons.